The lowest BCUT2D eigenvalue weighted by Crippen LogP contribution is -2.03. The zero-order chi connectivity index (χ0) is 12.3. The minimum Gasteiger partial charge on any atom is -0.384 e. The SMILES string of the molecule is CCCSc1cc(N)n(-c2ccccc2F)n1. The third-order valence-electron chi connectivity index (χ3n) is 2.25. The number of hydrogen-bond acceptors (Lipinski definition) is 3. The van der Waals surface area contributed by atoms with Gasteiger partial charge < -0.3 is 5.73 Å². The first-order valence-corrected chi connectivity index (χ1v) is 6.44. The van der Waals surface area contributed by atoms with Gasteiger partial charge in [0.15, 0.2) is 0 Å². The van der Waals surface area contributed by atoms with E-state index in [9.17, 15) is 4.39 Å². The highest BCUT2D eigenvalue weighted by Gasteiger charge is 2.10. The molecule has 2 N–H and O–H groups in total. The van der Waals surface area contributed by atoms with Crippen LogP contribution in [0.2, 0.25) is 0 Å². The average molecular weight is 251 g/mol. The molecular formula is C12H14FN3S. The van der Waals surface area contributed by atoms with Crippen LogP contribution in [0.3, 0.4) is 0 Å². The standard InChI is InChI=1S/C12H14FN3S/c1-2-7-17-12-8-11(14)16(15-12)10-6-4-3-5-9(10)13/h3-6,8H,2,7,14H2,1H3. The van der Waals surface area contributed by atoms with Gasteiger partial charge in [0.25, 0.3) is 0 Å². The van der Waals surface area contributed by atoms with Crippen LogP contribution in [0.5, 0.6) is 0 Å². The second-order valence-electron chi connectivity index (χ2n) is 3.62. The molecule has 0 aliphatic rings. The molecule has 1 aromatic heterocycles. The van der Waals surface area contributed by atoms with Gasteiger partial charge in [-0.05, 0) is 24.3 Å². The first kappa shape index (κ1) is 12.0. The van der Waals surface area contributed by atoms with E-state index < -0.39 is 0 Å². The fourth-order valence-corrected chi connectivity index (χ4v) is 2.22. The van der Waals surface area contributed by atoms with E-state index in [1.807, 2.05) is 0 Å². The molecule has 17 heavy (non-hydrogen) atoms. The van der Waals surface area contributed by atoms with Gasteiger partial charge in [-0.2, -0.15) is 5.10 Å². The summed E-state index contributed by atoms with van der Waals surface area (Å²) in [7, 11) is 0. The van der Waals surface area contributed by atoms with Crippen LogP contribution >= 0.6 is 11.8 Å². The molecular weight excluding hydrogens is 237 g/mol. The average Bonchev–Trinajstić information content (AvgIpc) is 2.68. The molecule has 0 aliphatic carbocycles. The molecule has 0 radical (unpaired) electrons. The summed E-state index contributed by atoms with van der Waals surface area (Å²) in [6.45, 7) is 2.10. The van der Waals surface area contributed by atoms with Crippen molar-refractivity contribution < 1.29 is 4.39 Å². The molecule has 0 bridgehead atoms. The Morgan fingerprint density at radius 2 is 2.18 bits per heavy atom. The van der Waals surface area contributed by atoms with Crippen molar-refractivity contribution in [1.29, 1.82) is 0 Å². The second-order valence-corrected chi connectivity index (χ2v) is 4.73. The van der Waals surface area contributed by atoms with Crippen LogP contribution in [-0.4, -0.2) is 15.5 Å². The van der Waals surface area contributed by atoms with Crippen molar-refractivity contribution in [3.05, 3.63) is 36.1 Å². The molecule has 2 aromatic rings. The molecule has 0 atom stereocenters. The summed E-state index contributed by atoms with van der Waals surface area (Å²) in [5.74, 6) is 1.11. The minimum atomic E-state index is -0.325. The molecule has 1 heterocycles. The molecule has 0 saturated carbocycles. The number of nitrogens with zero attached hydrogens (tertiary/aromatic N) is 2. The molecule has 0 unspecified atom stereocenters. The maximum absolute atomic E-state index is 13.6. The van der Waals surface area contributed by atoms with Gasteiger partial charge in [0.05, 0.1) is 0 Å². The van der Waals surface area contributed by atoms with Gasteiger partial charge in [-0.3, -0.25) is 0 Å². The monoisotopic (exact) mass is 251 g/mol. The first-order valence-electron chi connectivity index (χ1n) is 5.45. The van der Waals surface area contributed by atoms with Crippen molar-refractivity contribution in [2.24, 2.45) is 0 Å². The molecule has 0 aliphatic heterocycles. The van der Waals surface area contributed by atoms with Crippen LogP contribution in [-0.2, 0) is 0 Å². The number of para-hydroxylation sites is 1. The Balaban J connectivity index is 2.33. The van der Waals surface area contributed by atoms with Crippen molar-refractivity contribution in [3.8, 4) is 5.69 Å². The normalized spacial score (nSPS) is 10.7. The Hall–Kier alpha value is -1.49. The molecule has 1 aromatic carbocycles. The molecule has 90 valence electrons. The first-order chi connectivity index (χ1) is 8.22. The van der Waals surface area contributed by atoms with Crippen molar-refractivity contribution in [2.75, 3.05) is 11.5 Å². The quantitative estimate of drug-likeness (QED) is 0.849. The third-order valence-corrected chi connectivity index (χ3v) is 3.36. The highest BCUT2D eigenvalue weighted by molar-refractivity contribution is 7.99. The lowest BCUT2D eigenvalue weighted by molar-refractivity contribution is 0.610. The lowest BCUT2D eigenvalue weighted by Gasteiger charge is -2.04. The second kappa shape index (κ2) is 5.23. The fraction of sp³-hybridized carbons (Fsp3) is 0.250. The summed E-state index contributed by atoms with van der Waals surface area (Å²) < 4.78 is 15.0. The van der Waals surface area contributed by atoms with Crippen LogP contribution in [0.15, 0.2) is 35.4 Å². The maximum Gasteiger partial charge on any atom is 0.148 e. The van der Waals surface area contributed by atoms with Crippen molar-refractivity contribution in [1.82, 2.24) is 9.78 Å². The van der Waals surface area contributed by atoms with Gasteiger partial charge in [-0.15, -0.1) is 11.8 Å². The molecule has 0 amide bonds. The van der Waals surface area contributed by atoms with Crippen molar-refractivity contribution in [3.63, 3.8) is 0 Å². The predicted octanol–water partition coefficient (Wildman–Crippen LogP) is 3.10. The zero-order valence-corrected chi connectivity index (χ0v) is 10.4. The fourth-order valence-electron chi connectivity index (χ4n) is 1.47. The highest BCUT2D eigenvalue weighted by Crippen LogP contribution is 2.23. The van der Waals surface area contributed by atoms with E-state index in [0.29, 0.717) is 11.5 Å². The summed E-state index contributed by atoms with van der Waals surface area (Å²) in [5.41, 5.74) is 6.22. The van der Waals surface area contributed by atoms with E-state index >= 15 is 0 Å². The summed E-state index contributed by atoms with van der Waals surface area (Å²) in [4.78, 5) is 0. The largest absolute Gasteiger partial charge is 0.384 e. The maximum atomic E-state index is 13.6. The van der Waals surface area contributed by atoms with E-state index in [0.717, 1.165) is 17.2 Å². The van der Waals surface area contributed by atoms with Gasteiger partial charge in [0.1, 0.15) is 22.3 Å². The molecule has 3 nitrogen and oxygen atoms in total. The van der Waals surface area contributed by atoms with Gasteiger partial charge in [-0.1, -0.05) is 19.1 Å². The zero-order valence-electron chi connectivity index (χ0n) is 9.56. The van der Waals surface area contributed by atoms with Crippen LogP contribution in [0, 0.1) is 5.82 Å². The van der Waals surface area contributed by atoms with Crippen LogP contribution in [0.4, 0.5) is 10.2 Å². The molecule has 0 fully saturated rings. The number of thioether (sulfide) groups is 1. The number of benzene rings is 1. The summed E-state index contributed by atoms with van der Waals surface area (Å²) in [6.07, 6.45) is 1.07. The number of aromatic nitrogens is 2. The van der Waals surface area contributed by atoms with Gasteiger partial charge in [0.2, 0.25) is 0 Å². The topological polar surface area (TPSA) is 43.8 Å². The lowest BCUT2D eigenvalue weighted by atomic mass is 10.3. The van der Waals surface area contributed by atoms with E-state index in [1.54, 1.807) is 36.0 Å². The van der Waals surface area contributed by atoms with Gasteiger partial charge in [0, 0.05) is 6.07 Å². The summed E-state index contributed by atoms with van der Waals surface area (Å²) in [5, 5.41) is 5.12. The van der Waals surface area contributed by atoms with E-state index in [1.165, 1.54) is 10.7 Å². The van der Waals surface area contributed by atoms with Crippen molar-refractivity contribution in [2.45, 2.75) is 18.4 Å². The molecule has 5 heteroatoms. The summed E-state index contributed by atoms with van der Waals surface area (Å²) in [6, 6.07) is 8.23. The smallest absolute Gasteiger partial charge is 0.148 e. The third kappa shape index (κ3) is 2.61. The van der Waals surface area contributed by atoms with Crippen LogP contribution in [0.25, 0.3) is 5.69 Å². The van der Waals surface area contributed by atoms with Gasteiger partial charge >= 0.3 is 0 Å². The Morgan fingerprint density at radius 3 is 2.88 bits per heavy atom. The van der Waals surface area contributed by atoms with Crippen LogP contribution in [0.1, 0.15) is 13.3 Å². The van der Waals surface area contributed by atoms with Gasteiger partial charge in [-0.25, -0.2) is 9.07 Å². The number of nitrogen functional groups attached to an aromatic ring is 1. The number of anilines is 1. The number of rotatable bonds is 4. The Labute approximate surface area is 104 Å². The number of hydrogen-bond donors (Lipinski definition) is 1. The Morgan fingerprint density at radius 1 is 1.41 bits per heavy atom. The Bertz CT molecular complexity index is 510. The van der Waals surface area contributed by atoms with E-state index in [4.69, 9.17) is 5.73 Å². The van der Waals surface area contributed by atoms with E-state index in [-0.39, 0.29) is 5.82 Å². The molecule has 0 spiro atoms. The number of halogens is 1. The van der Waals surface area contributed by atoms with Crippen LogP contribution < -0.4 is 5.73 Å². The molecule has 0 saturated heterocycles. The summed E-state index contributed by atoms with van der Waals surface area (Å²) >= 11 is 1.62. The minimum absolute atomic E-state index is 0.325. The predicted molar refractivity (Wildman–Crippen MR) is 68.9 cm³/mol. The van der Waals surface area contributed by atoms with Crippen molar-refractivity contribution >= 4 is 17.6 Å². The molecule has 2 rings (SSSR count). The highest BCUT2D eigenvalue weighted by atomic mass is 32.2. The Kier molecular flexibility index (Phi) is 3.68. The van der Waals surface area contributed by atoms with E-state index in [2.05, 4.69) is 12.0 Å². The number of nitrogens with two attached hydrogens (primary N) is 1.